The Bertz CT molecular complexity index is 490. The van der Waals surface area contributed by atoms with Gasteiger partial charge in [0.2, 0.25) is 11.8 Å². The summed E-state index contributed by atoms with van der Waals surface area (Å²) >= 11 is 1.53. The lowest BCUT2D eigenvalue weighted by atomic mass is 10.1. The number of aliphatic hydroxyl groups excluding tert-OH is 1. The standard InChI is InChI=1S/C15H24N2O5S3/c1-23-7-5-11-14(20)17-12(15(21)22)9-25-24-6-3-2-4-10(18)8-13(19)16-11/h2,4,10-12,18H,3,5-9H2,1H3,(H,16,19)(H,17,20)(H,21,22)/b4-2+/t10?,11-,12-/m1/s1. The van der Waals surface area contributed by atoms with E-state index in [1.165, 1.54) is 33.3 Å². The van der Waals surface area contributed by atoms with Gasteiger partial charge in [0, 0.05) is 11.5 Å². The van der Waals surface area contributed by atoms with Crippen molar-refractivity contribution in [2.45, 2.75) is 37.5 Å². The van der Waals surface area contributed by atoms with Gasteiger partial charge in [0.1, 0.15) is 12.1 Å². The van der Waals surface area contributed by atoms with Crippen LogP contribution in [0.15, 0.2) is 12.2 Å². The highest BCUT2D eigenvalue weighted by Gasteiger charge is 2.26. The number of thioether (sulfide) groups is 1. The zero-order valence-electron chi connectivity index (χ0n) is 14.0. The minimum Gasteiger partial charge on any atom is -0.480 e. The molecule has 0 radical (unpaired) electrons. The molecule has 0 aliphatic carbocycles. The summed E-state index contributed by atoms with van der Waals surface area (Å²) in [5.74, 6) is -0.429. The van der Waals surface area contributed by atoms with Gasteiger partial charge in [-0.15, -0.1) is 0 Å². The van der Waals surface area contributed by atoms with Gasteiger partial charge < -0.3 is 20.8 Å². The Kier molecular flexibility index (Phi) is 11.1. The fraction of sp³-hybridized carbons (Fsp3) is 0.667. The molecule has 142 valence electrons. The number of rotatable bonds is 4. The molecule has 0 aromatic carbocycles. The fourth-order valence-electron chi connectivity index (χ4n) is 2.01. The Morgan fingerprint density at radius 3 is 2.80 bits per heavy atom. The van der Waals surface area contributed by atoms with Gasteiger partial charge in [0.05, 0.1) is 12.5 Å². The molecule has 1 rings (SSSR count). The maximum atomic E-state index is 12.4. The third-order valence-electron chi connectivity index (χ3n) is 3.32. The molecule has 7 nitrogen and oxygen atoms in total. The molecule has 0 bridgehead atoms. The summed E-state index contributed by atoms with van der Waals surface area (Å²) in [5.41, 5.74) is 0. The van der Waals surface area contributed by atoms with Crippen LogP contribution in [-0.4, -0.2) is 69.7 Å². The van der Waals surface area contributed by atoms with Crippen molar-refractivity contribution in [3.8, 4) is 0 Å². The number of nitrogens with one attached hydrogen (secondary N) is 2. The van der Waals surface area contributed by atoms with E-state index in [4.69, 9.17) is 0 Å². The highest BCUT2D eigenvalue weighted by atomic mass is 33.1. The summed E-state index contributed by atoms with van der Waals surface area (Å²) in [6.07, 6.45) is 5.31. The van der Waals surface area contributed by atoms with Gasteiger partial charge in [0.15, 0.2) is 0 Å². The number of aliphatic carboxylic acids is 1. The third-order valence-corrected chi connectivity index (χ3v) is 6.41. The molecule has 4 N–H and O–H groups in total. The molecule has 0 aromatic rings. The quantitative estimate of drug-likeness (QED) is 0.400. The minimum absolute atomic E-state index is 0.135. The molecule has 1 aliphatic rings. The van der Waals surface area contributed by atoms with Gasteiger partial charge in [0.25, 0.3) is 0 Å². The van der Waals surface area contributed by atoms with Crippen molar-refractivity contribution in [2.24, 2.45) is 0 Å². The summed E-state index contributed by atoms with van der Waals surface area (Å²) in [5, 5.41) is 24.2. The molecule has 1 aliphatic heterocycles. The van der Waals surface area contributed by atoms with E-state index in [1.807, 2.05) is 6.26 Å². The van der Waals surface area contributed by atoms with E-state index in [9.17, 15) is 24.6 Å². The first-order valence-electron chi connectivity index (χ1n) is 7.84. The number of allylic oxidation sites excluding steroid dienone is 1. The van der Waals surface area contributed by atoms with Crippen LogP contribution in [0, 0.1) is 0 Å². The molecular formula is C15H24N2O5S3. The molecule has 1 unspecified atom stereocenters. The first-order chi connectivity index (χ1) is 11.9. The molecule has 2 amide bonds. The SMILES string of the molecule is CSCC[C@H]1NC(=O)CC(O)/C=C/CCSSC[C@H](C(=O)O)NC1=O. The molecule has 3 atom stereocenters. The summed E-state index contributed by atoms with van der Waals surface area (Å²) in [6, 6.07) is -1.83. The Balaban J connectivity index is 2.85. The molecule has 1 heterocycles. The Morgan fingerprint density at radius 1 is 1.36 bits per heavy atom. The average Bonchev–Trinajstić information content (AvgIpc) is 2.55. The van der Waals surface area contributed by atoms with E-state index >= 15 is 0 Å². The molecule has 0 aromatic heterocycles. The number of hydrogen-bond donors (Lipinski definition) is 4. The van der Waals surface area contributed by atoms with Crippen LogP contribution in [0.2, 0.25) is 0 Å². The van der Waals surface area contributed by atoms with Crippen molar-refractivity contribution >= 4 is 51.1 Å². The molecule has 0 fully saturated rings. The largest absolute Gasteiger partial charge is 0.480 e. The number of carboxylic acid groups (broad SMARTS) is 1. The first-order valence-corrected chi connectivity index (χ1v) is 11.7. The van der Waals surface area contributed by atoms with Crippen molar-refractivity contribution in [3.05, 3.63) is 12.2 Å². The van der Waals surface area contributed by atoms with Crippen LogP contribution in [0.25, 0.3) is 0 Å². The zero-order chi connectivity index (χ0) is 18.7. The minimum atomic E-state index is -1.10. The topological polar surface area (TPSA) is 116 Å². The molecule has 0 saturated heterocycles. The Labute approximate surface area is 159 Å². The van der Waals surface area contributed by atoms with Crippen LogP contribution < -0.4 is 10.6 Å². The summed E-state index contributed by atoms with van der Waals surface area (Å²) in [4.78, 5) is 35.8. The molecule has 10 heteroatoms. The summed E-state index contributed by atoms with van der Waals surface area (Å²) in [7, 11) is 2.88. The van der Waals surface area contributed by atoms with E-state index in [0.717, 1.165) is 5.75 Å². The van der Waals surface area contributed by atoms with Gasteiger partial charge >= 0.3 is 5.97 Å². The highest BCUT2D eigenvalue weighted by Crippen LogP contribution is 2.23. The number of carbonyl (C=O) groups is 3. The van der Waals surface area contributed by atoms with Crippen molar-refractivity contribution in [2.75, 3.05) is 23.5 Å². The number of aliphatic hydroxyl groups is 1. The van der Waals surface area contributed by atoms with Gasteiger partial charge in [-0.3, -0.25) is 9.59 Å². The van der Waals surface area contributed by atoms with Gasteiger partial charge in [-0.1, -0.05) is 33.7 Å². The lowest BCUT2D eigenvalue weighted by molar-refractivity contribution is -0.141. The zero-order valence-corrected chi connectivity index (χ0v) is 16.4. The molecular weight excluding hydrogens is 384 g/mol. The predicted molar refractivity (Wildman–Crippen MR) is 104 cm³/mol. The van der Waals surface area contributed by atoms with E-state index in [-0.39, 0.29) is 12.2 Å². The second-order valence-electron chi connectivity index (χ2n) is 5.40. The van der Waals surface area contributed by atoms with Crippen LogP contribution in [0.4, 0.5) is 0 Å². The summed E-state index contributed by atoms with van der Waals surface area (Å²) < 4.78 is 0. The number of amides is 2. The van der Waals surface area contributed by atoms with Crippen molar-refractivity contribution < 1.29 is 24.6 Å². The number of carbonyl (C=O) groups excluding carboxylic acids is 2. The van der Waals surface area contributed by atoms with E-state index in [2.05, 4.69) is 10.6 Å². The van der Waals surface area contributed by atoms with Gasteiger partial charge in [-0.25, -0.2) is 4.79 Å². The maximum Gasteiger partial charge on any atom is 0.327 e. The van der Waals surface area contributed by atoms with E-state index in [1.54, 1.807) is 12.2 Å². The second kappa shape index (κ2) is 12.5. The Morgan fingerprint density at radius 2 is 2.12 bits per heavy atom. The lowest BCUT2D eigenvalue weighted by Gasteiger charge is -2.21. The molecule has 0 spiro atoms. The molecule has 25 heavy (non-hydrogen) atoms. The monoisotopic (exact) mass is 408 g/mol. The van der Waals surface area contributed by atoms with Gasteiger partial charge in [-0.2, -0.15) is 11.8 Å². The smallest absolute Gasteiger partial charge is 0.327 e. The van der Waals surface area contributed by atoms with Crippen LogP contribution >= 0.6 is 33.3 Å². The number of hydrogen-bond acceptors (Lipinski definition) is 7. The Hall–Kier alpha value is -0.840. The third kappa shape index (κ3) is 9.43. The van der Waals surface area contributed by atoms with E-state index < -0.39 is 36.0 Å². The predicted octanol–water partition coefficient (Wildman–Crippen LogP) is 0.886. The van der Waals surface area contributed by atoms with Crippen molar-refractivity contribution in [1.82, 2.24) is 10.6 Å². The normalized spacial score (nSPS) is 28.2. The van der Waals surface area contributed by atoms with Crippen LogP contribution in [0.3, 0.4) is 0 Å². The van der Waals surface area contributed by atoms with Crippen molar-refractivity contribution in [1.29, 1.82) is 0 Å². The molecule has 0 saturated carbocycles. The van der Waals surface area contributed by atoms with Crippen LogP contribution in [0.1, 0.15) is 19.3 Å². The second-order valence-corrected chi connectivity index (χ2v) is 9.01. The number of carboxylic acids is 1. The van der Waals surface area contributed by atoms with Gasteiger partial charge in [-0.05, 0) is 24.9 Å². The van der Waals surface area contributed by atoms with Crippen LogP contribution in [0.5, 0.6) is 0 Å². The van der Waals surface area contributed by atoms with Crippen molar-refractivity contribution in [3.63, 3.8) is 0 Å². The average molecular weight is 409 g/mol. The lowest BCUT2D eigenvalue weighted by Crippen LogP contribution is -2.52. The summed E-state index contributed by atoms with van der Waals surface area (Å²) in [6.45, 7) is 0. The fourth-order valence-corrected chi connectivity index (χ4v) is 4.63. The first kappa shape index (κ1) is 22.2. The highest BCUT2D eigenvalue weighted by molar-refractivity contribution is 8.76. The maximum absolute atomic E-state index is 12.4. The van der Waals surface area contributed by atoms with Crippen LogP contribution in [-0.2, 0) is 14.4 Å². The van der Waals surface area contributed by atoms with E-state index in [0.29, 0.717) is 18.6 Å².